The van der Waals surface area contributed by atoms with Crippen LogP contribution in [0.3, 0.4) is 0 Å². The molecule has 1 heterocycles. The lowest BCUT2D eigenvalue weighted by Gasteiger charge is -2.59. The Hall–Kier alpha value is -5.31. The highest BCUT2D eigenvalue weighted by Crippen LogP contribution is 2.62. The maximum absolute atomic E-state index is 14.4. The molecule has 1 amide bonds. The van der Waals surface area contributed by atoms with Crippen molar-refractivity contribution in [3.05, 3.63) is 126 Å². The summed E-state index contributed by atoms with van der Waals surface area (Å²) < 4.78 is 32.4. The second-order valence-corrected chi connectivity index (χ2v) is 16.0. The van der Waals surface area contributed by atoms with Crippen LogP contribution < -0.4 is 9.47 Å². The van der Waals surface area contributed by atoms with E-state index in [-0.39, 0.29) is 83.6 Å². The molecule has 6 atom stereocenters. The number of fused-ring (bicyclic) bond motifs is 2. The first-order valence-corrected chi connectivity index (χ1v) is 22.1. The monoisotopic (exact) mass is 866 g/mol. The van der Waals surface area contributed by atoms with Crippen LogP contribution in [-0.2, 0) is 25.7 Å². The lowest BCUT2D eigenvalue weighted by molar-refractivity contribution is -0.256. The Balaban J connectivity index is 1.57. The summed E-state index contributed by atoms with van der Waals surface area (Å²) in [5.74, 6) is -0.774. The van der Waals surface area contributed by atoms with Gasteiger partial charge in [-0.05, 0) is 85.4 Å². The lowest BCUT2D eigenvalue weighted by Crippen LogP contribution is -2.70. The molecular formula is C50H62N2O11. The van der Waals surface area contributed by atoms with E-state index in [0.29, 0.717) is 47.8 Å². The zero-order valence-corrected chi connectivity index (χ0v) is 36.1. The van der Waals surface area contributed by atoms with Crippen LogP contribution in [0.15, 0.2) is 115 Å². The van der Waals surface area contributed by atoms with Crippen molar-refractivity contribution in [2.45, 2.75) is 75.7 Å². The van der Waals surface area contributed by atoms with Crippen LogP contribution in [0.2, 0.25) is 0 Å². The average molecular weight is 867 g/mol. The summed E-state index contributed by atoms with van der Waals surface area (Å²) in [6.45, 7) is 8.42. The molecule has 3 aromatic carbocycles. The van der Waals surface area contributed by atoms with Gasteiger partial charge in [-0.25, -0.2) is 4.79 Å². The number of aldehydes is 1. The van der Waals surface area contributed by atoms with Crippen molar-refractivity contribution in [1.29, 1.82) is 0 Å². The minimum Gasteiger partial charge on any atom is -0.459 e. The number of nitrogens with zero attached hydrogens (tertiary/aromatic N) is 2. The largest absolute Gasteiger partial charge is 0.459 e. The Morgan fingerprint density at radius 1 is 0.889 bits per heavy atom. The molecule has 0 saturated heterocycles. The van der Waals surface area contributed by atoms with Crippen molar-refractivity contribution in [1.82, 2.24) is 4.90 Å². The van der Waals surface area contributed by atoms with E-state index < -0.39 is 23.8 Å². The highest BCUT2D eigenvalue weighted by atomic mass is 16.7. The summed E-state index contributed by atoms with van der Waals surface area (Å²) in [7, 11) is 0. The number of benzene rings is 3. The van der Waals surface area contributed by atoms with E-state index in [2.05, 4.69) is 19.2 Å². The highest BCUT2D eigenvalue weighted by molar-refractivity contribution is 6.03. The van der Waals surface area contributed by atoms with E-state index in [1.165, 1.54) is 0 Å². The van der Waals surface area contributed by atoms with Gasteiger partial charge in [0, 0.05) is 43.2 Å². The van der Waals surface area contributed by atoms with E-state index >= 15 is 0 Å². The van der Waals surface area contributed by atoms with Crippen molar-refractivity contribution in [3.8, 4) is 17.2 Å². The molecule has 13 nitrogen and oxygen atoms in total. The van der Waals surface area contributed by atoms with Gasteiger partial charge in [0.1, 0.15) is 36.2 Å². The Bertz CT molecular complexity index is 2020. The molecule has 3 aromatic rings. The number of carbonyl (C=O) groups is 2. The number of aliphatic hydroxyl groups excluding tert-OH is 3. The summed E-state index contributed by atoms with van der Waals surface area (Å²) >= 11 is 0. The fraction of sp³-hybridized carbons (Fsp3) is 0.460. The van der Waals surface area contributed by atoms with Gasteiger partial charge in [0.05, 0.1) is 44.7 Å². The molecule has 3 aliphatic rings. The lowest BCUT2D eigenvalue weighted by atomic mass is 9.55. The Kier molecular flexibility index (Phi) is 17.9. The summed E-state index contributed by atoms with van der Waals surface area (Å²) in [4.78, 5) is 33.9. The second-order valence-electron chi connectivity index (χ2n) is 16.0. The molecule has 0 unspecified atom stereocenters. The number of aliphatic hydroxyl groups is 3. The maximum atomic E-state index is 14.4. The van der Waals surface area contributed by atoms with Gasteiger partial charge in [-0.1, -0.05) is 78.7 Å². The molecular weight excluding hydrogens is 805 g/mol. The second kappa shape index (κ2) is 23.9. The van der Waals surface area contributed by atoms with Crippen LogP contribution in [-0.4, -0.2) is 103 Å². The Morgan fingerprint density at radius 3 is 2.43 bits per heavy atom. The molecule has 13 heteroatoms. The molecule has 2 aliphatic carbocycles. The number of oxime groups is 1. The molecule has 1 fully saturated rings. The van der Waals surface area contributed by atoms with Crippen molar-refractivity contribution < 1.29 is 53.4 Å². The highest BCUT2D eigenvalue weighted by Gasteiger charge is 2.65. The van der Waals surface area contributed by atoms with Crippen molar-refractivity contribution in [3.63, 3.8) is 0 Å². The topological polar surface area (TPSA) is 166 Å². The molecule has 63 heavy (non-hydrogen) atoms. The van der Waals surface area contributed by atoms with Gasteiger partial charge in [0.25, 0.3) is 0 Å². The number of hydrogen-bond acceptors (Lipinski definition) is 12. The molecule has 3 N–H and O–H groups in total. The number of carbonyl (C=O) groups excluding carboxylic acids is 2. The first-order chi connectivity index (χ1) is 30.9. The molecule has 1 saturated carbocycles. The van der Waals surface area contributed by atoms with Gasteiger partial charge in [0.15, 0.2) is 0 Å². The number of allylic oxidation sites excluding steroid dienone is 1. The van der Waals surface area contributed by atoms with Gasteiger partial charge in [-0.3, -0.25) is 9.69 Å². The summed E-state index contributed by atoms with van der Waals surface area (Å²) in [6.07, 6.45) is 10.8. The third-order valence-electron chi connectivity index (χ3n) is 12.0. The smallest absolute Gasteiger partial charge is 0.410 e. The van der Waals surface area contributed by atoms with E-state index in [0.717, 1.165) is 48.7 Å². The van der Waals surface area contributed by atoms with E-state index in [9.17, 15) is 24.9 Å². The average Bonchev–Trinajstić information content (AvgIpc) is 3.30. The van der Waals surface area contributed by atoms with E-state index in [1.807, 2.05) is 48.5 Å². The molecule has 338 valence electrons. The minimum atomic E-state index is -1.52. The predicted molar refractivity (Wildman–Crippen MR) is 239 cm³/mol. The van der Waals surface area contributed by atoms with Crippen molar-refractivity contribution in [2.24, 2.45) is 22.9 Å². The van der Waals surface area contributed by atoms with Crippen LogP contribution in [0.4, 0.5) is 4.79 Å². The Morgan fingerprint density at radius 2 is 1.68 bits per heavy atom. The number of hydrogen-bond donors (Lipinski definition) is 3. The molecule has 0 spiro atoms. The molecule has 0 radical (unpaired) electrons. The molecule has 0 aromatic heterocycles. The zero-order valence-electron chi connectivity index (χ0n) is 36.1. The first-order valence-electron chi connectivity index (χ1n) is 22.1. The van der Waals surface area contributed by atoms with Crippen LogP contribution >= 0.6 is 0 Å². The number of unbranched alkanes of at least 4 members (excludes halogenated alkanes) is 2. The standard InChI is InChI=1S/C50H62N2O11/c1-3-5-27-59-49(57)52(22-28-58-29-25-55)46-33-44(51-61-35-36-14-7-6-8-15-36)42-31-38(17-9-11-23-53)41(19-10-12-24-54)47-43-32-40(62-39-18-13-16-37(30-39)34-56)20-21-45(43)63-50(46,48(42)47)60-26-4-2/h3-4,6-8,13-16,18,20-21,30-32,34,38,41,46-48,53-55H,1-2,5,9-12,17,19,22-29,33,35H2/t38-,41+,46-,47+,48+,50+/m0/s1. The fourth-order valence-electron chi connectivity index (χ4n) is 9.27. The maximum Gasteiger partial charge on any atom is 0.410 e. The van der Waals surface area contributed by atoms with Crippen molar-refractivity contribution >= 4 is 18.1 Å². The molecule has 0 bridgehead atoms. The van der Waals surface area contributed by atoms with Crippen LogP contribution in [0, 0.1) is 17.8 Å². The quantitative estimate of drug-likeness (QED) is 0.0309. The van der Waals surface area contributed by atoms with Crippen LogP contribution in [0.25, 0.3) is 0 Å². The first kappa shape index (κ1) is 47.2. The third kappa shape index (κ3) is 11.6. The van der Waals surface area contributed by atoms with Gasteiger partial charge in [0.2, 0.25) is 5.79 Å². The summed E-state index contributed by atoms with van der Waals surface area (Å²) in [6, 6.07) is 21.6. The third-order valence-corrected chi connectivity index (χ3v) is 12.0. The van der Waals surface area contributed by atoms with Crippen LogP contribution in [0.5, 0.6) is 17.2 Å². The molecule has 6 rings (SSSR count). The van der Waals surface area contributed by atoms with Crippen LogP contribution in [0.1, 0.15) is 78.8 Å². The van der Waals surface area contributed by atoms with E-state index in [1.54, 1.807) is 41.3 Å². The zero-order chi connectivity index (χ0) is 44.4. The minimum absolute atomic E-state index is 0.0156. The van der Waals surface area contributed by atoms with Gasteiger partial charge in [-0.15, -0.1) is 13.2 Å². The number of amides is 1. The molecule has 1 aliphatic heterocycles. The number of ether oxygens (including phenoxy) is 5. The van der Waals surface area contributed by atoms with Gasteiger partial charge in [-0.2, -0.15) is 0 Å². The van der Waals surface area contributed by atoms with Gasteiger partial charge >= 0.3 is 6.09 Å². The summed E-state index contributed by atoms with van der Waals surface area (Å²) in [5, 5.41) is 34.3. The van der Waals surface area contributed by atoms with E-state index in [4.69, 9.17) is 33.7 Å². The summed E-state index contributed by atoms with van der Waals surface area (Å²) in [5.41, 5.74) is 3.82. The Labute approximate surface area is 370 Å². The van der Waals surface area contributed by atoms with Gasteiger partial charge < -0.3 is 43.8 Å². The predicted octanol–water partition coefficient (Wildman–Crippen LogP) is 8.15. The SMILES string of the molecule is C=CCCOC(=O)N(CCOCCO)[C@H]1CC(=NOCc2ccccc2)C2=C[C@H](CCCCO)[C@@H](CCCCO)[C@@H]3c4cc(Oc5cccc(C=O)c5)ccc4O[C@@]1(OCC=C)[C@H]23. The number of rotatable bonds is 26. The van der Waals surface area contributed by atoms with Crippen molar-refractivity contribution in [2.75, 3.05) is 52.8 Å². The normalized spacial score (nSPS) is 22.7. The fourth-order valence-corrected chi connectivity index (χ4v) is 9.27.